The molecule has 0 aliphatic rings. The monoisotopic (exact) mass is 262 g/mol. The average Bonchev–Trinajstić information content (AvgIpc) is 2.39. The molecule has 88 valence electrons. The normalized spacial score (nSPS) is 10.2. The molecule has 0 aromatic heterocycles. The number of rotatable bonds is 4. The Kier molecular flexibility index (Phi) is 4.40. The lowest BCUT2D eigenvalue weighted by molar-refractivity contribution is 0.480. The van der Waals surface area contributed by atoms with Crippen molar-refractivity contribution in [1.29, 1.82) is 0 Å². The first-order valence-electron chi connectivity index (χ1n) is 5.28. The van der Waals surface area contributed by atoms with Crippen LogP contribution in [0.15, 0.2) is 58.3 Å². The number of ether oxygens (including phenoxy) is 1. The van der Waals surface area contributed by atoms with Crippen molar-refractivity contribution in [3.05, 3.63) is 48.5 Å². The molecule has 0 atom stereocenters. The molecule has 0 unspecified atom stereocenters. The molecular weight excluding hydrogens is 248 g/mol. The summed E-state index contributed by atoms with van der Waals surface area (Å²) in [6.45, 7) is 0. The molecule has 0 N–H and O–H groups in total. The minimum absolute atomic E-state index is 0.884. The van der Waals surface area contributed by atoms with Crippen LogP contribution in [0.5, 0.6) is 11.5 Å². The molecule has 17 heavy (non-hydrogen) atoms. The Hall–Kier alpha value is -1.06. The van der Waals surface area contributed by atoms with E-state index in [1.165, 1.54) is 9.79 Å². The van der Waals surface area contributed by atoms with Gasteiger partial charge in [-0.15, -0.1) is 23.5 Å². The van der Waals surface area contributed by atoms with Crippen molar-refractivity contribution in [2.24, 2.45) is 0 Å². The molecule has 1 nitrogen and oxygen atoms in total. The number of hydrogen-bond acceptors (Lipinski definition) is 3. The van der Waals surface area contributed by atoms with Crippen LogP contribution in [0.3, 0.4) is 0 Å². The predicted octanol–water partition coefficient (Wildman–Crippen LogP) is 4.92. The minimum atomic E-state index is 0.884. The van der Waals surface area contributed by atoms with Crippen LogP contribution in [-0.2, 0) is 0 Å². The fourth-order valence-corrected chi connectivity index (χ4v) is 2.36. The van der Waals surface area contributed by atoms with Gasteiger partial charge in [0.15, 0.2) is 0 Å². The van der Waals surface area contributed by atoms with Gasteiger partial charge in [0.1, 0.15) is 11.5 Å². The zero-order chi connectivity index (χ0) is 12.1. The zero-order valence-corrected chi connectivity index (χ0v) is 11.5. The summed E-state index contributed by atoms with van der Waals surface area (Å²) in [5.41, 5.74) is 0. The summed E-state index contributed by atoms with van der Waals surface area (Å²) in [6, 6.07) is 16.2. The van der Waals surface area contributed by atoms with E-state index in [1.54, 1.807) is 23.5 Å². The number of benzene rings is 2. The highest BCUT2D eigenvalue weighted by atomic mass is 32.2. The van der Waals surface area contributed by atoms with Crippen molar-refractivity contribution in [1.82, 2.24) is 0 Å². The van der Waals surface area contributed by atoms with Crippen molar-refractivity contribution in [2.45, 2.75) is 9.79 Å². The van der Waals surface area contributed by atoms with Gasteiger partial charge in [-0.2, -0.15) is 0 Å². The molecule has 0 aliphatic carbocycles. The summed E-state index contributed by atoms with van der Waals surface area (Å²) in [6.07, 6.45) is 4.13. The van der Waals surface area contributed by atoms with Gasteiger partial charge in [0.05, 0.1) is 0 Å². The average molecular weight is 262 g/mol. The Morgan fingerprint density at radius 1 is 0.765 bits per heavy atom. The molecule has 2 rings (SSSR count). The van der Waals surface area contributed by atoms with Crippen LogP contribution >= 0.6 is 23.5 Å². The van der Waals surface area contributed by atoms with E-state index >= 15 is 0 Å². The summed E-state index contributed by atoms with van der Waals surface area (Å²) < 4.78 is 5.84. The molecule has 2 aromatic carbocycles. The Balaban J connectivity index is 2.18. The second-order valence-corrected chi connectivity index (χ2v) is 5.22. The topological polar surface area (TPSA) is 9.23 Å². The molecule has 0 heterocycles. The van der Waals surface area contributed by atoms with E-state index in [9.17, 15) is 0 Å². The Labute approximate surface area is 111 Å². The predicted molar refractivity (Wildman–Crippen MR) is 76.5 cm³/mol. The van der Waals surface area contributed by atoms with Crippen molar-refractivity contribution >= 4 is 23.5 Å². The molecule has 0 amide bonds. The van der Waals surface area contributed by atoms with Gasteiger partial charge in [-0.25, -0.2) is 0 Å². The lowest BCUT2D eigenvalue weighted by atomic mass is 10.3. The molecule has 0 radical (unpaired) electrons. The fraction of sp³-hybridized carbons (Fsp3) is 0.143. The van der Waals surface area contributed by atoms with E-state index in [4.69, 9.17) is 4.74 Å². The minimum Gasteiger partial charge on any atom is -0.457 e. The molecule has 0 saturated carbocycles. The number of thioether (sulfide) groups is 2. The van der Waals surface area contributed by atoms with Crippen molar-refractivity contribution in [3.63, 3.8) is 0 Å². The van der Waals surface area contributed by atoms with Gasteiger partial charge in [0.2, 0.25) is 0 Å². The second-order valence-electron chi connectivity index (χ2n) is 3.46. The third-order valence-corrected chi connectivity index (χ3v) is 3.77. The van der Waals surface area contributed by atoms with Gasteiger partial charge in [-0.3, -0.25) is 0 Å². The molecule has 0 saturated heterocycles. The van der Waals surface area contributed by atoms with Crippen LogP contribution in [0.1, 0.15) is 0 Å². The van der Waals surface area contributed by atoms with Crippen LogP contribution < -0.4 is 4.74 Å². The van der Waals surface area contributed by atoms with Gasteiger partial charge in [0.25, 0.3) is 0 Å². The van der Waals surface area contributed by atoms with Gasteiger partial charge in [-0.05, 0) is 48.9 Å². The Bertz CT molecular complexity index is 452. The molecule has 0 fully saturated rings. The van der Waals surface area contributed by atoms with E-state index < -0.39 is 0 Å². The summed E-state index contributed by atoms with van der Waals surface area (Å²) in [5.74, 6) is 1.77. The third kappa shape index (κ3) is 3.45. The Morgan fingerprint density at radius 3 is 1.65 bits per heavy atom. The van der Waals surface area contributed by atoms with E-state index in [1.807, 2.05) is 24.3 Å². The van der Waals surface area contributed by atoms with Crippen molar-refractivity contribution in [3.8, 4) is 11.5 Å². The lowest BCUT2D eigenvalue weighted by Gasteiger charge is -2.07. The number of hydrogen-bond donors (Lipinski definition) is 0. The standard InChI is InChI=1S/C14H14OS2/c1-16-13-7-3-5-11(9-13)15-12-6-4-8-14(10-12)17-2/h3-10H,1-2H3. The van der Waals surface area contributed by atoms with Gasteiger partial charge in [-0.1, -0.05) is 12.1 Å². The molecule has 0 aliphatic heterocycles. The molecular formula is C14H14OS2. The van der Waals surface area contributed by atoms with Crippen LogP contribution in [0.25, 0.3) is 0 Å². The first kappa shape index (κ1) is 12.4. The lowest BCUT2D eigenvalue weighted by Crippen LogP contribution is -1.84. The second kappa shape index (κ2) is 6.03. The summed E-state index contributed by atoms with van der Waals surface area (Å²) in [4.78, 5) is 2.42. The van der Waals surface area contributed by atoms with Gasteiger partial charge in [0, 0.05) is 9.79 Å². The summed E-state index contributed by atoms with van der Waals surface area (Å²) >= 11 is 3.43. The highest BCUT2D eigenvalue weighted by Crippen LogP contribution is 2.27. The first-order valence-corrected chi connectivity index (χ1v) is 7.73. The quantitative estimate of drug-likeness (QED) is 0.724. The third-order valence-electron chi connectivity index (χ3n) is 2.32. The van der Waals surface area contributed by atoms with E-state index in [0.717, 1.165) is 11.5 Å². The summed E-state index contributed by atoms with van der Waals surface area (Å²) in [7, 11) is 0. The largest absolute Gasteiger partial charge is 0.457 e. The fourth-order valence-electron chi connectivity index (χ4n) is 1.47. The van der Waals surface area contributed by atoms with Crippen LogP contribution in [0, 0.1) is 0 Å². The highest BCUT2D eigenvalue weighted by molar-refractivity contribution is 7.98. The van der Waals surface area contributed by atoms with Crippen LogP contribution in [-0.4, -0.2) is 12.5 Å². The van der Waals surface area contributed by atoms with Crippen LogP contribution in [0.2, 0.25) is 0 Å². The molecule has 0 bridgehead atoms. The molecule has 2 aromatic rings. The van der Waals surface area contributed by atoms with Crippen molar-refractivity contribution in [2.75, 3.05) is 12.5 Å². The van der Waals surface area contributed by atoms with Gasteiger partial charge < -0.3 is 4.74 Å². The van der Waals surface area contributed by atoms with E-state index in [-0.39, 0.29) is 0 Å². The zero-order valence-electron chi connectivity index (χ0n) is 9.84. The Morgan fingerprint density at radius 2 is 1.24 bits per heavy atom. The first-order chi connectivity index (χ1) is 8.31. The van der Waals surface area contributed by atoms with E-state index in [2.05, 4.69) is 36.8 Å². The molecule has 3 heteroatoms. The van der Waals surface area contributed by atoms with Crippen molar-refractivity contribution < 1.29 is 4.74 Å². The highest BCUT2D eigenvalue weighted by Gasteiger charge is 1.99. The molecule has 0 spiro atoms. The van der Waals surface area contributed by atoms with Crippen LogP contribution in [0.4, 0.5) is 0 Å². The summed E-state index contributed by atoms with van der Waals surface area (Å²) in [5, 5.41) is 0. The SMILES string of the molecule is CSc1cccc(Oc2cccc(SC)c2)c1. The maximum Gasteiger partial charge on any atom is 0.128 e. The van der Waals surface area contributed by atoms with Gasteiger partial charge >= 0.3 is 0 Å². The maximum atomic E-state index is 5.84. The smallest absolute Gasteiger partial charge is 0.128 e. The van der Waals surface area contributed by atoms with E-state index in [0.29, 0.717) is 0 Å². The maximum absolute atomic E-state index is 5.84.